The zero-order valence-electron chi connectivity index (χ0n) is 12.3. The number of hydrogen-bond donors (Lipinski definition) is 0. The molecule has 0 aromatic heterocycles. The molecule has 0 bridgehead atoms. The number of halogens is 3. The van der Waals surface area contributed by atoms with Crippen LogP contribution in [0.4, 0.5) is 0 Å². The van der Waals surface area contributed by atoms with E-state index < -0.39 is 11.9 Å². The summed E-state index contributed by atoms with van der Waals surface area (Å²) < 4.78 is 15.7. The SMILES string of the molecule is COC(=O)c1cc(Cl)ccc1OC(=O)COc1ccc(Cl)cc1Br. The van der Waals surface area contributed by atoms with Crippen molar-refractivity contribution in [2.75, 3.05) is 13.7 Å². The minimum absolute atomic E-state index is 0.0371. The van der Waals surface area contributed by atoms with E-state index in [0.717, 1.165) is 0 Å². The minimum atomic E-state index is -0.690. The molecular formula is C16H11BrCl2O5. The highest BCUT2D eigenvalue weighted by Gasteiger charge is 2.17. The van der Waals surface area contributed by atoms with Gasteiger partial charge in [0.1, 0.15) is 17.1 Å². The molecular weight excluding hydrogens is 423 g/mol. The molecule has 0 aliphatic carbocycles. The van der Waals surface area contributed by atoms with Gasteiger partial charge in [0.05, 0.1) is 11.6 Å². The van der Waals surface area contributed by atoms with Crippen LogP contribution in [0.1, 0.15) is 10.4 Å². The first-order valence-corrected chi connectivity index (χ1v) is 8.12. The molecule has 0 heterocycles. The first-order chi connectivity index (χ1) is 11.4. The van der Waals surface area contributed by atoms with E-state index in [-0.39, 0.29) is 17.9 Å². The summed E-state index contributed by atoms with van der Waals surface area (Å²) in [6.07, 6.45) is 0. The number of hydrogen-bond acceptors (Lipinski definition) is 5. The molecule has 0 spiro atoms. The Balaban J connectivity index is 2.06. The van der Waals surface area contributed by atoms with Gasteiger partial charge in [-0.05, 0) is 52.3 Å². The zero-order chi connectivity index (χ0) is 17.7. The van der Waals surface area contributed by atoms with E-state index in [1.807, 2.05) is 0 Å². The second-order valence-electron chi connectivity index (χ2n) is 4.47. The predicted octanol–water partition coefficient (Wildman–Crippen LogP) is 4.53. The Morgan fingerprint density at radius 3 is 2.29 bits per heavy atom. The van der Waals surface area contributed by atoms with Crippen molar-refractivity contribution >= 4 is 51.1 Å². The molecule has 24 heavy (non-hydrogen) atoms. The molecule has 0 atom stereocenters. The lowest BCUT2D eigenvalue weighted by Crippen LogP contribution is -2.19. The van der Waals surface area contributed by atoms with E-state index in [0.29, 0.717) is 20.3 Å². The van der Waals surface area contributed by atoms with Crippen molar-refractivity contribution in [3.05, 3.63) is 56.5 Å². The van der Waals surface area contributed by atoms with Gasteiger partial charge in [-0.1, -0.05) is 23.2 Å². The Morgan fingerprint density at radius 1 is 1.04 bits per heavy atom. The zero-order valence-corrected chi connectivity index (χ0v) is 15.4. The van der Waals surface area contributed by atoms with Crippen molar-refractivity contribution in [3.63, 3.8) is 0 Å². The number of carbonyl (C=O) groups is 2. The lowest BCUT2D eigenvalue weighted by Gasteiger charge is -2.11. The van der Waals surface area contributed by atoms with Gasteiger partial charge in [-0.15, -0.1) is 0 Å². The first kappa shape index (κ1) is 18.6. The number of rotatable bonds is 5. The smallest absolute Gasteiger partial charge is 0.349 e. The van der Waals surface area contributed by atoms with E-state index in [9.17, 15) is 9.59 Å². The van der Waals surface area contributed by atoms with Crippen LogP contribution >= 0.6 is 39.1 Å². The van der Waals surface area contributed by atoms with Crippen molar-refractivity contribution in [3.8, 4) is 11.5 Å². The average molecular weight is 434 g/mol. The third kappa shape index (κ3) is 4.87. The summed E-state index contributed by atoms with van der Waals surface area (Å²) >= 11 is 14.9. The Kier molecular flexibility index (Phi) is 6.48. The highest BCUT2D eigenvalue weighted by molar-refractivity contribution is 9.10. The fourth-order valence-corrected chi connectivity index (χ4v) is 2.71. The second-order valence-corrected chi connectivity index (χ2v) is 6.20. The molecule has 0 saturated heterocycles. The molecule has 0 N–H and O–H groups in total. The summed E-state index contributed by atoms with van der Waals surface area (Å²) in [7, 11) is 1.22. The lowest BCUT2D eigenvalue weighted by molar-refractivity contribution is -0.136. The fourth-order valence-electron chi connectivity index (χ4n) is 1.74. The third-order valence-electron chi connectivity index (χ3n) is 2.81. The number of ether oxygens (including phenoxy) is 3. The highest BCUT2D eigenvalue weighted by atomic mass is 79.9. The average Bonchev–Trinajstić information content (AvgIpc) is 2.55. The topological polar surface area (TPSA) is 61.8 Å². The van der Waals surface area contributed by atoms with Gasteiger partial charge < -0.3 is 14.2 Å². The fraction of sp³-hybridized carbons (Fsp3) is 0.125. The van der Waals surface area contributed by atoms with Gasteiger partial charge in [-0.3, -0.25) is 0 Å². The molecule has 0 fully saturated rings. The maximum Gasteiger partial charge on any atom is 0.349 e. The molecule has 0 saturated carbocycles. The van der Waals surface area contributed by atoms with Crippen molar-refractivity contribution < 1.29 is 23.8 Å². The summed E-state index contributed by atoms with van der Waals surface area (Å²) in [5.41, 5.74) is 0.0472. The molecule has 8 heteroatoms. The highest BCUT2D eigenvalue weighted by Crippen LogP contribution is 2.28. The molecule has 2 aromatic carbocycles. The van der Waals surface area contributed by atoms with Crippen LogP contribution in [0.3, 0.4) is 0 Å². The van der Waals surface area contributed by atoms with Gasteiger partial charge in [0.25, 0.3) is 0 Å². The van der Waals surface area contributed by atoms with Crippen LogP contribution in [-0.4, -0.2) is 25.7 Å². The Labute approximate surface area is 156 Å². The molecule has 0 unspecified atom stereocenters. The van der Waals surface area contributed by atoms with Gasteiger partial charge in [-0.25, -0.2) is 9.59 Å². The molecule has 0 aliphatic heterocycles. The minimum Gasteiger partial charge on any atom is -0.481 e. The molecule has 2 aromatic rings. The molecule has 0 amide bonds. The van der Waals surface area contributed by atoms with Crippen LogP contribution in [0, 0.1) is 0 Å². The molecule has 126 valence electrons. The van der Waals surface area contributed by atoms with Crippen molar-refractivity contribution in [2.45, 2.75) is 0 Å². The van der Waals surface area contributed by atoms with E-state index >= 15 is 0 Å². The van der Waals surface area contributed by atoms with Gasteiger partial charge in [0.2, 0.25) is 0 Å². The first-order valence-electron chi connectivity index (χ1n) is 6.57. The number of benzene rings is 2. The van der Waals surface area contributed by atoms with Gasteiger partial charge in [0, 0.05) is 10.0 Å². The summed E-state index contributed by atoms with van der Waals surface area (Å²) in [6.45, 7) is -0.358. The summed E-state index contributed by atoms with van der Waals surface area (Å²) in [5, 5.41) is 0.845. The van der Waals surface area contributed by atoms with Gasteiger partial charge >= 0.3 is 11.9 Å². The normalized spacial score (nSPS) is 10.2. The quantitative estimate of drug-likeness (QED) is 0.512. The van der Waals surface area contributed by atoms with E-state index in [4.69, 9.17) is 32.7 Å². The van der Waals surface area contributed by atoms with Crippen LogP contribution in [-0.2, 0) is 9.53 Å². The third-order valence-corrected chi connectivity index (χ3v) is 3.90. The molecule has 0 radical (unpaired) electrons. The van der Waals surface area contributed by atoms with Crippen LogP contribution in [0.15, 0.2) is 40.9 Å². The maximum atomic E-state index is 11.9. The Morgan fingerprint density at radius 2 is 1.67 bits per heavy atom. The van der Waals surface area contributed by atoms with Crippen molar-refractivity contribution in [2.24, 2.45) is 0 Å². The van der Waals surface area contributed by atoms with Gasteiger partial charge in [-0.2, -0.15) is 0 Å². The largest absolute Gasteiger partial charge is 0.481 e. The number of methoxy groups -OCH3 is 1. The molecule has 2 rings (SSSR count). The van der Waals surface area contributed by atoms with Crippen LogP contribution < -0.4 is 9.47 Å². The molecule has 5 nitrogen and oxygen atoms in total. The molecule has 0 aliphatic rings. The van der Waals surface area contributed by atoms with Crippen molar-refractivity contribution in [1.82, 2.24) is 0 Å². The van der Waals surface area contributed by atoms with Gasteiger partial charge in [0.15, 0.2) is 6.61 Å². The Bertz CT molecular complexity index is 779. The number of esters is 2. The van der Waals surface area contributed by atoms with E-state index in [1.54, 1.807) is 18.2 Å². The van der Waals surface area contributed by atoms with Crippen LogP contribution in [0.2, 0.25) is 10.0 Å². The van der Waals surface area contributed by atoms with Crippen molar-refractivity contribution in [1.29, 1.82) is 0 Å². The summed E-state index contributed by atoms with van der Waals surface area (Å²) in [6, 6.07) is 9.13. The monoisotopic (exact) mass is 432 g/mol. The predicted molar refractivity (Wildman–Crippen MR) is 93.1 cm³/mol. The maximum absolute atomic E-state index is 11.9. The van der Waals surface area contributed by atoms with E-state index in [1.165, 1.54) is 25.3 Å². The lowest BCUT2D eigenvalue weighted by atomic mass is 10.2. The van der Waals surface area contributed by atoms with E-state index in [2.05, 4.69) is 20.7 Å². The second kappa shape index (κ2) is 8.37. The number of carbonyl (C=O) groups excluding carboxylic acids is 2. The van der Waals surface area contributed by atoms with Crippen LogP contribution in [0.5, 0.6) is 11.5 Å². The summed E-state index contributed by atoms with van der Waals surface area (Å²) in [4.78, 5) is 23.6. The Hall–Kier alpha value is -1.76. The standard InChI is InChI=1S/C16H11BrCl2O5/c1-22-16(21)11-6-9(18)2-4-13(11)24-15(20)8-23-14-5-3-10(19)7-12(14)17/h2-7H,8H2,1H3. The summed E-state index contributed by atoms with van der Waals surface area (Å²) in [5.74, 6) is -0.887. The van der Waals surface area contributed by atoms with Crippen LogP contribution in [0.25, 0.3) is 0 Å².